The average molecular weight is 669 g/mol. The maximum atomic E-state index is 13.0. The van der Waals surface area contributed by atoms with Crippen molar-refractivity contribution in [2.45, 2.75) is 66.2 Å². The van der Waals surface area contributed by atoms with E-state index < -0.39 is 35.8 Å². The Bertz CT molecular complexity index is 1340. The van der Waals surface area contributed by atoms with Crippen molar-refractivity contribution in [3.05, 3.63) is 48.6 Å². The summed E-state index contributed by atoms with van der Waals surface area (Å²) in [6.07, 6.45) is 5.67. The zero-order valence-corrected chi connectivity index (χ0v) is 28.9. The van der Waals surface area contributed by atoms with Crippen molar-refractivity contribution >= 4 is 35.8 Å². The van der Waals surface area contributed by atoms with Crippen LogP contribution in [-0.4, -0.2) is 85.0 Å². The van der Waals surface area contributed by atoms with Crippen LogP contribution in [0, 0.1) is 35.5 Å². The summed E-state index contributed by atoms with van der Waals surface area (Å²) >= 11 is 0. The molecule has 2 bridgehead atoms. The summed E-state index contributed by atoms with van der Waals surface area (Å²) in [5, 5.41) is 5.34. The van der Waals surface area contributed by atoms with Crippen molar-refractivity contribution in [3.63, 3.8) is 0 Å². The fourth-order valence-corrected chi connectivity index (χ4v) is 7.73. The summed E-state index contributed by atoms with van der Waals surface area (Å²) in [4.78, 5) is 77.5. The number of carbonyl (C=O) groups is 6. The van der Waals surface area contributed by atoms with Gasteiger partial charge in [-0.2, -0.15) is 0 Å². The summed E-state index contributed by atoms with van der Waals surface area (Å²) in [6.45, 7) is 21.3. The molecule has 6 amide bonds. The molecule has 6 atom stereocenters. The van der Waals surface area contributed by atoms with Crippen LogP contribution < -0.4 is 10.6 Å². The van der Waals surface area contributed by atoms with Crippen LogP contribution in [0.2, 0.25) is 0 Å². The molecular formula is C36H52N4O8. The van der Waals surface area contributed by atoms with Crippen LogP contribution in [0.25, 0.3) is 0 Å². The van der Waals surface area contributed by atoms with Crippen LogP contribution in [0.5, 0.6) is 0 Å². The zero-order chi connectivity index (χ0) is 35.7. The molecule has 3 aliphatic rings. The van der Waals surface area contributed by atoms with Crippen LogP contribution in [0.3, 0.4) is 0 Å². The van der Waals surface area contributed by atoms with Gasteiger partial charge in [0.2, 0.25) is 0 Å². The van der Waals surface area contributed by atoms with Gasteiger partial charge in [0.05, 0.1) is 13.1 Å². The van der Waals surface area contributed by atoms with Gasteiger partial charge in [-0.15, -0.1) is 0 Å². The van der Waals surface area contributed by atoms with Crippen molar-refractivity contribution in [1.82, 2.24) is 20.4 Å². The van der Waals surface area contributed by atoms with Crippen LogP contribution >= 0.6 is 0 Å². The van der Waals surface area contributed by atoms with Gasteiger partial charge >= 0.3 is 24.0 Å². The Balaban J connectivity index is 1.58. The zero-order valence-electron chi connectivity index (χ0n) is 28.9. The van der Waals surface area contributed by atoms with E-state index in [9.17, 15) is 28.8 Å². The number of nitrogens with zero attached hydrogens (tertiary/aromatic N) is 2. The largest absolute Gasteiger partial charge is 0.460 e. The maximum Gasteiger partial charge on any atom is 0.333 e. The van der Waals surface area contributed by atoms with E-state index in [4.69, 9.17) is 9.47 Å². The minimum absolute atomic E-state index is 0.0364. The molecule has 12 heteroatoms. The second-order valence-corrected chi connectivity index (χ2v) is 13.6. The molecule has 6 unspecified atom stereocenters. The SMILES string of the molecule is C=C(C)C(=O)OCCNC(=O)N(CCC1CC2CC1C1C(CCN(C(=O)NCCOC(=O)C(=C)C)C(=O)C(=C)C)CCC21)C(=O)C(=C)C. The number of carbonyl (C=O) groups excluding carboxylic acids is 6. The number of imide groups is 2. The van der Waals surface area contributed by atoms with Gasteiger partial charge in [0, 0.05) is 35.4 Å². The molecular weight excluding hydrogens is 616 g/mol. The van der Waals surface area contributed by atoms with Gasteiger partial charge in [-0.3, -0.25) is 19.4 Å². The number of ether oxygens (including phenoxy) is 2. The van der Waals surface area contributed by atoms with Gasteiger partial charge in [-0.25, -0.2) is 19.2 Å². The quantitative estimate of drug-likeness (QED) is 0.138. The first-order valence-corrected chi connectivity index (χ1v) is 16.8. The number of hydrogen-bond acceptors (Lipinski definition) is 8. The Hall–Kier alpha value is -4.22. The van der Waals surface area contributed by atoms with Crippen molar-refractivity contribution in [2.24, 2.45) is 35.5 Å². The molecule has 12 nitrogen and oxygen atoms in total. The molecule has 3 rings (SSSR count). The Morgan fingerprint density at radius 3 is 1.52 bits per heavy atom. The summed E-state index contributed by atoms with van der Waals surface area (Å²) < 4.78 is 10.1. The van der Waals surface area contributed by atoms with Gasteiger partial charge in [0.25, 0.3) is 11.8 Å². The first-order chi connectivity index (χ1) is 22.6. The molecule has 0 aromatic heterocycles. The maximum absolute atomic E-state index is 13.0. The highest BCUT2D eigenvalue weighted by Crippen LogP contribution is 2.64. The minimum Gasteiger partial charge on any atom is -0.460 e. The first kappa shape index (κ1) is 38.2. The summed E-state index contributed by atoms with van der Waals surface area (Å²) in [7, 11) is 0. The number of esters is 2. The molecule has 2 N–H and O–H groups in total. The van der Waals surface area contributed by atoms with Crippen LogP contribution in [0.1, 0.15) is 66.2 Å². The molecule has 0 aromatic rings. The summed E-state index contributed by atoms with van der Waals surface area (Å²) in [6, 6.07) is -1.10. The third kappa shape index (κ3) is 9.67. The standard InChI is InChI=1S/C36H52N4O8/c1-21(2)31(41)39(35(45)37-13-17-47-33(43)23(5)6)15-11-25-9-10-28-27-19-26(29(20-27)30(25)28)12-16-40(32(42)22(3)4)36(46)38-14-18-48-34(44)24(7)8/h25-30H,1,3,5,7,9-20H2,2,4,6,8H3,(H,37,45)(H,38,46). The van der Waals surface area contributed by atoms with Crippen molar-refractivity contribution in [3.8, 4) is 0 Å². The molecule has 0 heterocycles. The number of rotatable bonds is 16. The average Bonchev–Trinajstić information content (AvgIpc) is 3.74. The Morgan fingerprint density at radius 1 is 0.625 bits per heavy atom. The van der Waals surface area contributed by atoms with E-state index in [1.54, 1.807) is 13.8 Å². The Labute approximate surface area is 284 Å². The number of fused-ring (bicyclic) bond motifs is 5. The highest BCUT2D eigenvalue weighted by molar-refractivity contribution is 6.03. The van der Waals surface area contributed by atoms with Crippen molar-refractivity contribution in [1.29, 1.82) is 0 Å². The van der Waals surface area contributed by atoms with Gasteiger partial charge in [-0.1, -0.05) is 26.3 Å². The van der Waals surface area contributed by atoms with E-state index >= 15 is 0 Å². The molecule has 0 saturated heterocycles. The van der Waals surface area contributed by atoms with E-state index in [-0.39, 0.29) is 61.7 Å². The van der Waals surface area contributed by atoms with E-state index in [0.717, 1.165) is 25.7 Å². The van der Waals surface area contributed by atoms with Crippen molar-refractivity contribution < 1.29 is 38.2 Å². The fourth-order valence-electron chi connectivity index (χ4n) is 7.73. The molecule has 3 fully saturated rings. The van der Waals surface area contributed by atoms with E-state index in [1.165, 1.54) is 23.6 Å². The van der Waals surface area contributed by atoms with Gasteiger partial charge in [-0.05, 0) is 102 Å². The smallest absolute Gasteiger partial charge is 0.333 e. The lowest BCUT2D eigenvalue weighted by atomic mass is 9.71. The third-order valence-electron chi connectivity index (χ3n) is 9.87. The molecule has 264 valence electrons. The summed E-state index contributed by atoms with van der Waals surface area (Å²) in [5.41, 5.74) is 1.04. The van der Waals surface area contributed by atoms with Crippen LogP contribution in [-0.2, 0) is 28.7 Å². The predicted octanol–water partition coefficient (Wildman–Crippen LogP) is 4.53. The van der Waals surface area contributed by atoms with E-state index in [0.29, 0.717) is 48.3 Å². The lowest BCUT2D eigenvalue weighted by molar-refractivity contribution is -0.139. The number of hydrogen-bond donors (Lipinski definition) is 2. The minimum atomic E-state index is -0.552. The van der Waals surface area contributed by atoms with Crippen LogP contribution in [0.15, 0.2) is 48.6 Å². The Kier molecular flexibility index (Phi) is 13.7. The highest BCUT2D eigenvalue weighted by Gasteiger charge is 2.56. The highest BCUT2D eigenvalue weighted by atomic mass is 16.5. The lowest BCUT2D eigenvalue weighted by Gasteiger charge is -2.36. The molecule has 0 spiro atoms. The molecule has 0 aliphatic heterocycles. The first-order valence-electron chi connectivity index (χ1n) is 16.8. The normalized spacial score (nSPS) is 23.3. The second-order valence-electron chi connectivity index (χ2n) is 13.6. The van der Waals surface area contributed by atoms with E-state index in [1.807, 2.05) is 0 Å². The molecule has 3 saturated carbocycles. The third-order valence-corrected chi connectivity index (χ3v) is 9.87. The number of nitrogens with one attached hydrogen (secondary N) is 2. The van der Waals surface area contributed by atoms with Crippen LogP contribution in [0.4, 0.5) is 9.59 Å². The fraction of sp³-hybridized carbons (Fsp3) is 0.611. The topological polar surface area (TPSA) is 151 Å². The monoisotopic (exact) mass is 668 g/mol. The Morgan fingerprint density at radius 2 is 1.08 bits per heavy atom. The number of urea groups is 2. The predicted molar refractivity (Wildman–Crippen MR) is 180 cm³/mol. The molecule has 0 radical (unpaired) electrons. The lowest BCUT2D eigenvalue weighted by Crippen LogP contribution is -2.46. The second kappa shape index (κ2) is 17.3. The van der Waals surface area contributed by atoms with Gasteiger partial charge in [0.1, 0.15) is 13.2 Å². The van der Waals surface area contributed by atoms with E-state index in [2.05, 4.69) is 36.9 Å². The van der Waals surface area contributed by atoms with Crippen molar-refractivity contribution in [2.75, 3.05) is 39.4 Å². The number of amides is 6. The van der Waals surface area contributed by atoms with Gasteiger partial charge in [0.15, 0.2) is 0 Å². The molecule has 0 aromatic carbocycles. The van der Waals surface area contributed by atoms with Gasteiger partial charge < -0.3 is 20.1 Å². The summed E-state index contributed by atoms with van der Waals surface area (Å²) in [5.74, 6) is 0.820. The molecule has 3 aliphatic carbocycles. The molecule has 48 heavy (non-hydrogen) atoms.